The van der Waals surface area contributed by atoms with Gasteiger partial charge in [-0.3, -0.25) is 4.79 Å². The van der Waals surface area contributed by atoms with E-state index in [0.717, 1.165) is 68.1 Å². The highest BCUT2D eigenvalue weighted by atomic mass is 16.8. The normalized spacial score (nSPS) is 44.2. The lowest BCUT2D eigenvalue weighted by molar-refractivity contribution is -0.353. The summed E-state index contributed by atoms with van der Waals surface area (Å²) in [4.78, 5) is 29.2. The molecule has 4 heterocycles. The molecule has 12 rings (SSSR count). The second-order valence-corrected chi connectivity index (χ2v) is 30.8. The molecule has 8 fully saturated rings. The zero-order valence-electron chi connectivity index (χ0n) is 54.7. The van der Waals surface area contributed by atoms with E-state index >= 15 is 4.79 Å². The maximum Gasteiger partial charge on any atom is 0.315 e. The van der Waals surface area contributed by atoms with E-state index in [1.807, 2.05) is 94.4 Å². The first kappa shape index (κ1) is 64.2. The van der Waals surface area contributed by atoms with Crippen LogP contribution in [0.25, 0.3) is 0 Å². The molecule has 0 radical (unpaired) electrons. The SMILES string of the molecule is CC1C(O[C@@H]2O[C@H](C)C(O[C@@H]3OCC(OCc4ccccc4)C(OCc4ccccc4)C3C)C3OC(C)(C)OC32)[C@H](OC(=O)C23CCC(C)(C)CC2C2=CCC4C5(C)CC[C@H](C)[C@](C)(C=O)[C@@H]5CC[C@]4(C)[C@]2(C)CC3)O[C@@H](COCc2ccccc2)C1N. The maximum atomic E-state index is 16.1. The molecule has 88 heavy (non-hydrogen) atoms. The van der Waals surface area contributed by atoms with Crippen molar-refractivity contribution in [2.45, 2.75) is 247 Å². The van der Waals surface area contributed by atoms with Gasteiger partial charge in [0.05, 0.1) is 50.7 Å². The van der Waals surface area contributed by atoms with Gasteiger partial charge >= 0.3 is 5.97 Å². The van der Waals surface area contributed by atoms with E-state index in [9.17, 15) is 4.79 Å². The summed E-state index contributed by atoms with van der Waals surface area (Å²) in [6.45, 7) is 28.4. The smallest absolute Gasteiger partial charge is 0.315 e. The van der Waals surface area contributed by atoms with Gasteiger partial charge in [0.2, 0.25) is 6.29 Å². The second kappa shape index (κ2) is 24.9. The summed E-state index contributed by atoms with van der Waals surface area (Å²) in [7, 11) is 0. The molecule has 2 N–H and O–H groups in total. The number of nitrogens with two attached hydrogens (primary N) is 1. The quantitative estimate of drug-likeness (QED) is 0.0772. The fourth-order valence-corrected chi connectivity index (χ4v) is 19.0. The van der Waals surface area contributed by atoms with Crippen LogP contribution in [-0.4, -0.2) is 105 Å². The van der Waals surface area contributed by atoms with E-state index in [1.165, 1.54) is 11.9 Å². The minimum atomic E-state index is -1.16. The van der Waals surface area contributed by atoms with Crippen LogP contribution in [0.1, 0.15) is 164 Å². The van der Waals surface area contributed by atoms with E-state index in [1.54, 1.807) is 0 Å². The molecule has 0 amide bonds. The van der Waals surface area contributed by atoms with Crippen LogP contribution in [0.4, 0.5) is 0 Å². The molecule has 0 spiro atoms. The molecule has 23 atom stereocenters. The molecule has 5 aliphatic carbocycles. The molecular weight excluding hydrogens is 1110 g/mol. The first-order valence-corrected chi connectivity index (χ1v) is 33.6. The largest absolute Gasteiger partial charge is 0.432 e. The molecule has 4 saturated carbocycles. The number of hydrogen-bond acceptors (Lipinski definition) is 14. The Bertz CT molecular complexity index is 2930. The third kappa shape index (κ3) is 11.7. The van der Waals surface area contributed by atoms with Crippen LogP contribution in [0, 0.1) is 68.0 Å². The van der Waals surface area contributed by atoms with Gasteiger partial charge in [-0.25, -0.2) is 0 Å². The molecule has 4 aliphatic heterocycles. The van der Waals surface area contributed by atoms with Crippen LogP contribution < -0.4 is 5.73 Å². The molecule has 0 bridgehead atoms. The third-order valence-corrected chi connectivity index (χ3v) is 24.7. The minimum Gasteiger partial charge on any atom is -0.432 e. The van der Waals surface area contributed by atoms with Gasteiger partial charge in [-0.2, -0.15) is 0 Å². The lowest BCUT2D eigenvalue weighted by Crippen LogP contribution is -2.66. The topological polar surface area (TPSA) is 162 Å². The van der Waals surface area contributed by atoms with Gasteiger partial charge in [0, 0.05) is 23.3 Å². The average molecular weight is 1210 g/mol. The molecular formula is C74H103NO13. The van der Waals surface area contributed by atoms with Crippen LogP contribution >= 0.6 is 0 Å². The Labute approximate surface area is 524 Å². The number of carbonyl (C=O) groups excluding carboxylic acids is 2. The Balaban J connectivity index is 0.805. The fraction of sp³-hybridized carbons (Fsp3) is 0.703. The summed E-state index contributed by atoms with van der Waals surface area (Å²) >= 11 is 0. The third-order valence-electron chi connectivity index (χ3n) is 24.7. The van der Waals surface area contributed by atoms with Crippen LogP contribution in [-0.2, 0) is 81.5 Å². The van der Waals surface area contributed by atoms with Crippen molar-refractivity contribution in [1.82, 2.24) is 0 Å². The molecule has 14 heteroatoms. The molecule has 482 valence electrons. The molecule has 3 aromatic carbocycles. The molecule has 4 saturated heterocycles. The monoisotopic (exact) mass is 1210 g/mol. The number of ether oxygens (including phenoxy) is 11. The number of carbonyl (C=O) groups is 2. The molecule has 9 aliphatic rings. The highest BCUT2D eigenvalue weighted by Crippen LogP contribution is 2.76. The highest BCUT2D eigenvalue weighted by molar-refractivity contribution is 5.79. The predicted octanol–water partition coefficient (Wildman–Crippen LogP) is 13.2. The zero-order chi connectivity index (χ0) is 62.2. The Hall–Kier alpha value is -3.90. The van der Waals surface area contributed by atoms with Gasteiger partial charge in [0.1, 0.15) is 42.9 Å². The van der Waals surface area contributed by atoms with Crippen molar-refractivity contribution in [1.29, 1.82) is 0 Å². The number of fused-ring (bicyclic) bond motifs is 8. The van der Waals surface area contributed by atoms with Crippen LogP contribution in [0.2, 0.25) is 0 Å². The lowest BCUT2D eigenvalue weighted by atomic mass is 9.33. The lowest BCUT2D eigenvalue weighted by Gasteiger charge is -2.71. The van der Waals surface area contributed by atoms with Crippen molar-refractivity contribution in [3.8, 4) is 0 Å². The van der Waals surface area contributed by atoms with Gasteiger partial charge < -0.3 is 62.6 Å². The number of aldehydes is 1. The molecule has 13 unspecified atom stereocenters. The maximum absolute atomic E-state index is 16.1. The Morgan fingerprint density at radius 1 is 0.648 bits per heavy atom. The fourth-order valence-electron chi connectivity index (χ4n) is 19.0. The predicted molar refractivity (Wildman–Crippen MR) is 333 cm³/mol. The van der Waals surface area contributed by atoms with Gasteiger partial charge in [0.25, 0.3) is 0 Å². The molecule has 0 aromatic heterocycles. The second-order valence-electron chi connectivity index (χ2n) is 30.8. The summed E-state index contributed by atoms with van der Waals surface area (Å²) in [5.74, 6) is -0.811. The van der Waals surface area contributed by atoms with E-state index < -0.39 is 78.7 Å². The first-order chi connectivity index (χ1) is 41.9. The molecule has 3 aromatic rings. The van der Waals surface area contributed by atoms with E-state index in [0.29, 0.717) is 50.4 Å². The van der Waals surface area contributed by atoms with E-state index in [4.69, 9.17) is 57.8 Å². The number of allylic oxidation sites excluding steroid dienone is 2. The van der Waals surface area contributed by atoms with Crippen molar-refractivity contribution >= 4 is 12.3 Å². The van der Waals surface area contributed by atoms with Gasteiger partial charge in [-0.15, -0.1) is 0 Å². The van der Waals surface area contributed by atoms with Gasteiger partial charge in [-0.05, 0) is 147 Å². The number of hydrogen-bond donors (Lipinski definition) is 1. The van der Waals surface area contributed by atoms with Crippen molar-refractivity contribution in [3.63, 3.8) is 0 Å². The number of rotatable bonds is 17. The Kier molecular flexibility index (Phi) is 18.1. The van der Waals surface area contributed by atoms with Gasteiger partial charge in [0.15, 0.2) is 18.4 Å². The van der Waals surface area contributed by atoms with E-state index in [-0.39, 0.29) is 70.3 Å². The van der Waals surface area contributed by atoms with Crippen molar-refractivity contribution in [2.24, 2.45) is 73.7 Å². The highest BCUT2D eigenvalue weighted by Gasteiger charge is 2.70. The molecule has 14 nitrogen and oxygen atoms in total. The standard InChI is InChI=1S/C74H103NO13/c1-45-30-32-70(9)56(71(45,10)44-76)31-33-73(12)57(70)29-28-52-53-38-68(5,6)34-36-74(53,37-35-72(52,73)11)67(77)86-65-60(46(2)58(75)54(83-65)42-78-39-49-22-16-13-17-23-49)84-66-63-62(87-69(7,8)88-63)61(48(4)82-66)85-64-47(3)59(80-41-51-26-20-15-21-27-51)55(43-81-64)79-40-50-24-18-14-19-25-50/h13-28,44-48,53-66H,29-43,75H2,1-12H3/t45-,46?,47?,48+,53?,54-,55?,56+,57?,58?,59?,60?,61?,62?,63?,64-,65-,66-,70?,71-,72+,73-,74?/m0/s1. The summed E-state index contributed by atoms with van der Waals surface area (Å²) in [6.07, 6.45) is 5.57. The van der Waals surface area contributed by atoms with Crippen LogP contribution in [0.3, 0.4) is 0 Å². The van der Waals surface area contributed by atoms with Crippen molar-refractivity contribution < 1.29 is 61.7 Å². The minimum absolute atomic E-state index is 0.00432. The Morgan fingerprint density at radius 3 is 1.94 bits per heavy atom. The summed E-state index contributed by atoms with van der Waals surface area (Å²) < 4.78 is 75.2. The number of benzene rings is 3. The summed E-state index contributed by atoms with van der Waals surface area (Å²) in [6, 6.07) is 29.8. The first-order valence-electron chi connectivity index (χ1n) is 33.6. The van der Waals surface area contributed by atoms with Gasteiger partial charge in [-0.1, -0.05) is 165 Å². The van der Waals surface area contributed by atoms with Crippen LogP contribution in [0.15, 0.2) is 103 Å². The van der Waals surface area contributed by atoms with Crippen molar-refractivity contribution in [2.75, 3.05) is 13.2 Å². The van der Waals surface area contributed by atoms with Crippen LogP contribution in [0.5, 0.6) is 0 Å². The zero-order valence-corrected chi connectivity index (χ0v) is 54.7. The Morgan fingerprint density at radius 2 is 1.27 bits per heavy atom. The number of esters is 1. The summed E-state index contributed by atoms with van der Waals surface area (Å²) in [5.41, 5.74) is 10.6. The van der Waals surface area contributed by atoms with E-state index in [2.05, 4.69) is 85.7 Å². The van der Waals surface area contributed by atoms with Crippen molar-refractivity contribution in [3.05, 3.63) is 119 Å². The average Bonchev–Trinajstić information content (AvgIpc) is 0.779. The summed E-state index contributed by atoms with van der Waals surface area (Å²) in [5, 5.41) is 0.